The molecule has 0 aromatic heterocycles. The molecule has 2 saturated heterocycles. The van der Waals surface area contributed by atoms with Gasteiger partial charge in [0.15, 0.2) is 6.23 Å². The molecule has 2 aliphatic rings. The van der Waals surface area contributed by atoms with Gasteiger partial charge in [-0.25, -0.2) is 4.79 Å². The van der Waals surface area contributed by atoms with Crippen molar-refractivity contribution in [2.45, 2.75) is 30.9 Å². The Balaban J connectivity index is 2.08. The zero-order valence-electron chi connectivity index (χ0n) is 9.07. The number of ether oxygens (including phenoxy) is 1. The molecule has 8 heteroatoms. The van der Waals surface area contributed by atoms with Crippen LogP contribution in [0.15, 0.2) is 0 Å². The highest BCUT2D eigenvalue weighted by atomic mass is 16.5. The van der Waals surface area contributed by atoms with Crippen molar-refractivity contribution in [1.82, 2.24) is 10.2 Å². The minimum Gasteiger partial charge on any atom is -0.394 e. The van der Waals surface area contributed by atoms with Crippen LogP contribution in [0.2, 0.25) is 0 Å². The van der Waals surface area contributed by atoms with E-state index in [1.165, 1.54) is 4.90 Å². The molecule has 2 fully saturated rings. The molecule has 2 rings (SSSR count). The third kappa shape index (κ3) is 2.12. The molecular formula is C9H15N3O5. The maximum absolute atomic E-state index is 11.6. The van der Waals surface area contributed by atoms with Crippen LogP contribution >= 0.6 is 0 Å². The second-order valence-corrected chi connectivity index (χ2v) is 4.11. The number of hydrogen-bond donors (Lipinski definition) is 4. The van der Waals surface area contributed by atoms with E-state index in [9.17, 15) is 14.7 Å². The Morgan fingerprint density at radius 1 is 1.53 bits per heavy atom. The second kappa shape index (κ2) is 4.57. The first-order valence-electron chi connectivity index (χ1n) is 5.35. The fourth-order valence-electron chi connectivity index (χ4n) is 2.02. The molecule has 4 unspecified atom stereocenters. The summed E-state index contributed by atoms with van der Waals surface area (Å²) in [5, 5.41) is 20.8. The summed E-state index contributed by atoms with van der Waals surface area (Å²) in [4.78, 5) is 23.8. The standard InChI is InChI=1S/C9H15N3O5/c10-6-7(15)4(3-13)17-8(6)12-2-1-5(14)11-9(12)16/h4,6-8,13,15H,1-3,10H2,(H,11,14,16). The van der Waals surface area contributed by atoms with Crippen molar-refractivity contribution in [1.29, 1.82) is 0 Å². The number of urea groups is 1. The first-order chi connectivity index (χ1) is 8.04. The zero-order chi connectivity index (χ0) is 12.6. The van der Waals surface area contributed by atoms with Crippen LogP contribution in [0.5, 0.6) is 0 Å². The predicted molar refractivity (Wildman–Crippen MR) is 54.6 cm³/mol. The summed E-state index contributed by atoms with van der Waals surface area (Å²) in [6.07, 6.45) is -2.50. The number of carbonyl (C=O) groups excluding carboxylic acids is 2. The van der Waals surface area contributed by atoms with Crippen LogP contribution in [0.3, 0.4) is 0 Å². The third-order valence-electron chi connectivity index (χ3n) is 2.99. The van der Waals surface area contributed by atoms with Crippen LogP contribution in [0, 0.1) is 0 Å². The van der Waals surface area contributed by atoms with Crippen molar-refractivity contribution in [3.63, 3.8) is 0 Å². The van der Waals surface area contributed by atoms with Crippen molar-refractivity contribution >= 4 is 11.9 Å². The monoisotopic (exact) mass is 245 g/mol. The van der Waals surface area contributed by atoms with E-state index in [0.717, 1.165) is 0 Å². The van der Waals surface area contributed by atoms with E-state index in [4.69, 9.17) is 15.6 Å². The molecule has 3 amide bonds. The van der Waals surface area contributed by atoms with Crippen LogP contribution in [-0.2, 0) is 9.53 Å². The highest BCUT2D eigenvalue weighted by Crippen LogP contribution is 2.23. The van der Waals surface area contributed by atoms with Crippen LogP contribution < -0.4 is 11.1 Å². The minimum atomic E-state index is -1.03. The largest absolute Gasteiger partial charge is 0.394 e. The van der Waals surface area contributed by atoms with Gasteiger partial charge in [-0.15, -0.1) is 0 Å². The first-order valence-corrected chi connectivity index (χ1v) is 5.35. The van der Waals surface area contributed by atoms with E-state index in [1.54, 1.807) is 0 Å². The van der Waals surface area contributed by atoms with Gasteiger partial charge in [0, 0.05) is 13.0 Å². The quantitative estimate of drug-likeness (QED) is 0.420. The van der Waals surface area contributed by atoms with Crippen molar-refractivity contribution in [2.24, 2.45) is 5.73 Å². The molecule has 0 bridgehead atoms. The Labute approximate surface area is 97.3 Å². The van der Waals surface area contributed by atoms with Gasteiger partial charge >= 0.3 is 6.03 Å². The molecule has 2 heterocycles. The van der Waals surface area contributed by atoms with Gasteiger partial charge in [-0.3, -0.25) is 15.0 Å². The molecule has 0 radical (unpaired) electrons. The number of amides is 3. The Morgan fingerprint density at radius 2 is 2.24 bits per heavy atom. The first kappa shape index (κ1) is 12.2. The summed E-state index contributed by atoms with van der Waals surface area (Å²) in [6, 6.07) is -1.39. The maximum atomic E-state index is 11.6. The number of imide groups is 1. The number of rotatable bonds is 2. The highest BCUT2D eigenvalue weighted by molar-refractivity contribution is 5.96. The van der Waals surface area contributed by atoms with E-state index in [0.29, 0.717) is 0 Å². The van der Waals surface area contributed by atoms with E-state index in [2.05, 4.69) is 5.32 Å². The molecule has 5 N–H and O–H groups in total. The number of nitrogens with one attached hydrogen (secondary N) is 1. The summed E-state index contributed by atoms with van der Waals surface area (Å²) >= 11 is 0. The lowest BCUT2D eigenvalue weighted by atomic mass is 10.1. The molecule has 8 nitrogen and oxygen atoms in total. The number of aliphatic hydroxyl groups excluding tert-OH is 2. The van der Waals surface area contributed by atoms with Gasteiger partial charge in [0.25, 0.3) is 0 Å². The van der Waals surface area contributed by atoms with E-state index in [1.807, 2.05) is 0 Å². The fourth-order valence-corrected chi connectivity index (χ4v) is 2.02. The minimum absolute atomic E-state index is 0.165. The van der Waals surface area contributed by atoms with Gasteiger partial charge in [0.2, 0.25) is 5.91 Å². The summed E-state index contributed by atoms with van der Waals surface area (Å²) in [5.41, 5.74) is 5.72. The molecule has 0 aliphatic carbocycles. The van der Waals surface area contributed by atoms with Crippen molar-refractivity contribution in [3.05, 3.63) is 0 Å². The van der Waals surface area contributed by atoms with Gasteiger partial charge in [-0.05, 0) is 0 Å². The van der Waals surface area contributed by atoms with Crippen LogP contribution in [0.1, 0.15) is 6.42 Å². The van der Waals surface area contributed by atoms with Crippen molar-refractivity contribution in [2.75, 3.05) is 13.2 Å². The highest BCUT2D eigenvalue weighted by Gasteiger charge is 2.46. The Morgan fingerprint density at radius 3 is 2.76 bits per heavy atom. The topological polar surface area (TPSA) is 125 Å². The molecule has 2 aliphatic heterocycles. The van der Waals surface area contributed by atoms with Crippen LogP contribution in [0.25, 0.3) is 0 Å². The van der Waals surface area contributed by atoms with Gasteiger partial charge in [0.05, 0.1) is 12.6 Å². The lowest BCUT2D eigenvalue weighted by molar-refractivity contribution is -0.124. The second-order valence-electron chi connectivity index (χ2n) is 4.11. The summed E-state index contributed by atoms with van der Waals surface area (Å²) < 4.78 is 5.31. The van der Waals surface area contributed by atoms with Crippen LogP contribution in [-0.4, -0.2) is 64.7 Å². The van der Waals surface area contributed by atoms with E-state index >= 15 is 0 Å². The third-order valence-corrected chi connectivity index (χ3v) is 2.99. The number of hydrogen-bond acceptors (Lipinski definition) is 6. The Hall–Kier alpha value is -1.22. The Bertz CT molecular complexity index is 337. The number of aliphatic hydroxyl groups is 2. The lowest BCUT2D eigenvalue weighted by Gasteiger charge is -2.33. The fraction of sp³-hybridized carbons (Fsp3) is 0.778. The molecule has 0 aromatic rings. The number of nitrogens with two attached hydrogens (primary N) is 1. The molecule has 4 atom stereocenters. The molecule has 96 valence electrons. The SMILES string of the molecule is NC1C(O)C(CO)OC1N1CCC(=O)NC1=O. The lowest BCUT2D eigenvalue weighted by Crippen LogP contribution is -2.58. The van der Waals surface area contributed by atoms with Gasteiger partial charge < -0.3 is 20.7 Å². The molecule has 17 heavy (non-hydrogen) atoms. The van der Waals surface area contributed by atoms with Crippen molar-refractivity contribution < 1.29 is 24.5 Å². The van der Waals surface area contributed by atoms with Gasteiger partial charge in [-0.2, -0.15) is 0 Å². The number of carbonyl (C=O) groups is 2. The van der Waals surface area contributed by atoms with Gasteiger partial charge in [-0.1, -0.05) is 0 Å². The average molecular weight is 245 g/mol. The molecule has 0 spiro atoms. The summed E-state index contributed by atoms with van der Waals surface area (Å²) in [6.45, 7) is -0.187. The van der Waals surface area contributed by atoms with E-state index in [-0.39, 0.29) is 25.5 Å². The zero-order valence-corrected chi connectivity index (χ0v) is 9.07. The average Bonchev–Trinajstić information content (AvgIpc) is 2.57. The van der Waals surface area contributed by atoms with Crippen molar-refractivity contribution in [3.8, 4) is 0 Å². The summed E-state index contributed by atoms with van der Waals surface area (Å²) in [5.74, 6) is -0.350. The maximum Gasteiger partial charge on any atom is 0.326 e. The smallest absolute Gasteiger partial charge is 0.326 e. The predicted octanol–water partition coefficient (Wildman–Crippen LogP) is -2.67. The van der Waals surface area contributed by atoms with E-state index < -0.39 is 30.5 Å². The van der Waals surface area contributed by atoms with Gasteiger partial charge in [0.1, 0.15) is 12.2 Å². The molecular weight excluding hydrogens is 230 g/mol. The molecule has 0 aromatic carbocycles. The number of nitrogens with zero attached hydrogens (tertiary/aromatic N) is 1. The summed E-state index contributed by atoms with van der Waals surface area (Å²) in [7, 11) is 0. The molecule has 0 saturated carbocycles. The Kier molecular flexibility index (Phi) is 3.29. The normalized spacial score (nSPS) is 38.4. The van der Waals surface area contributed by atoms with Crippen LogP contribution in [0.4, 0.5) is 4.79 Å².